The van der Waals surface area contributed by atoms with E-state index in [1.165, 1.54) is 4.90 Å². The van der Waals surface area contributed by atoms with Crippen molar-refractivity contribution < 1.29 is 14.3 Å². The second-order valence-electron chi connectivity index (χ2n) is 5.68. The second-order valence-corrected chi connectivity index (χ2v) is 7.75. The van der Waals surface area contributed by atoms with Gasteiger partial charge in [-0.1, -0.05) is 58.0 Å². The van der Waals surface area contributed by atoms with Gasteiger partial charge in [-0.25, -0.2) is 0 Å². The van der Waals surface area contributed by atoms with E-state index in [-0.39, 0.29) is 16.4 Å². The Morgan fingerprint density at radius 1 is 1.12 bits per heavy atom. The lowest BCUT2D eigenvalue weighted by molar-refractivity contribution is -0.126. The fourth-order valence-electron chi connectivity index (χ4n) is 2.67. The third-order valence-corrected chi connectivity index (χ3v) is 5.61. The second kappa shape index (κ2) is 8.06. The lowest BCUT2D eigenvalue weighted by atomic mass is 10.1. The molecule has 0 bridgehead atoms. The maximum atomic E-state index is 12.3. The summed E-state index contributed by atoms with van der Waals surface area (Å²) in [5.74, 6) is 0.640. The number of carbonyl (C=O) groups excluding carboxylic acids is 2. The van der Waals surface area contributed by atoms with Crippen molar-refractivity contribution in [2.75, 3.05) is 6.54 Å². The molecular weight excluding hydrogens is 402 g/mol. The highest BCUT2D eigenvalue weighted by Crippen LogP contribution is 2.32. The molecule has 4 nitrogen and oxygen atoms in total. The van der Waals surface area contributed by atoms with Crippen molar-refractivity contribution >= 4 is 38.8 Å². The number of rotatable bonds is 6. The summed E-state index contributed by atoms with van der Waals surface area (Å²) < 4.78 is 6.98. The van der Waals surface area contributed by atoms with Gasteiger partial charge in [0, 0.05) is 11.0 Å². The maximum Gasteiger partial charge on any atom is 0.289 e. The molecular formula is C19H18BrNO3S. The van der Waals surface area contributed by atoms with Crippen molar-refractivity contribution in [3.63, 3.8) is 0 Å². The topological polar surface area (TPSA) is 46.6 Å². The molecule has 0 N–H and O–H groups in total. The molecule has 6 heteroatoms. The number of para-hydroxylation sites is 1. The minimum Gasteiger partial charge on any atom is -0.489 e. The minimum absolute atomic E-state index is 0.111. The lowest BCUT2D eigenvalue weighted by Crippen LogP contribution is -2.31. The number of nitrogens with zero attached hydrogens (tertiary/aromatic N) is 1. The van der Waals surface area contributed by atoms with Crippen LogP contribution in [0.3, 0.4) is 0 Å². The third-order valence-electron chi connectivity index (χ3n) is 4.01. The van der Waals surface area contributed by atoms with Gasteiger partial charge in [-0.15, -0.1) is 0 Å². The Balaban J connectivity index is 1.70. The van der Waals surface area contributed by atoms with E-state index in [9.17, 15) is 9.59 Å². The number of halogens is 1. The molecule has 2 amide bonds. The van der Waals surface area contributed by atoms with Gasteiger partial charge >= 0.3 is 0 Å². The Hall–Kier alpha value is -1.79. The monoisotopic (exact) mass is 419 g/mol. The zero-order valence-electron chi connectivity index (χ0n) is 13.8. The summed E-state index contributed by atoms with van der Waals surface area (Å²) in [6.45, 7) is 2.69. The number of amides is 2. The molecule has 0 radical (unpaired) electrons. The zero-order chi connectivity index (χ0) is 17.8. The van der Waals surface area contributed by atoms with Gasteiger partial charge in [0.2, 0.25) is 5.91 Å². The van der Waals surface area contributed by atoms with Gasteiger partial charge in [0.15, 0.2) is 0 Å². The van der Waals surface area contributed by atoms with E-state index in [0.717, 1.165) is 33.1 Å². The first-order chi connectivity index (χ1) is 12.1. The number of carbonyl (C=O) groups is 2. The summed E-state index contributed by atoms with van der Waals surface area (Å²) in [7, 11) is 0. The number of hydrogen-bond acceptors (Lipinski definition) is 4. The molecule has 0 spiro atoms. The number of ether oxygens (including phenoxy) is 1. The molecule has 0 saturated carbocycles. The average molecular weight is 420 g/mol. The SMILES string of the molecule is CCN1C(=O)S[C@@H](Cc2ccccc2OCc2ccc(Br)cc2)C1=O. The maximum absolute atomic E-state index is 12.3. The van der Waals surface area contributed by atoms with Crippen LogP contribution in [0.15, 0.2) is 53.0 Å². The van der Waals surface area contributed by atoms with Gasteiger partial charge < -0.3 is 4.74 Å². The summed E-state index contributed by atoms with van der Waals surface area (Å²) >= 11 is 4.52. The predicted octanol–water partition coefficient (Wildman–Crippen LogP) is 4.65. The normalized spacial score (nSPS) is 17.2. The summed E-state index contributed by atoms with van der Waals surface area (Å²) in [5, 5.41) is -0.532. The summed E-state index contributed by atoms with van der Waals surface area (Å²) in [4.78, 5) is 25.5. The van der Waals surface area contributed by atoms with Crippen molar-refractivity contribution in [1.29, 1.82) is 0 Å². The Kier molecular flexibility index (Phi) is 5.81. The Morgan fingerprint density at radius 2 is 1.84 bits per heavy atom. The van der Waals surface area contributed by atoms with Crippen molar-refractivity contribution in [2.24, 2.45) is 0 Å². The molecule has 1 aliphatic rings. The van der Waals surface area contributed by atoms with Gasteiger partial charge in [0.25, 0.3) is 5.24 Å². The quantitative estimate of drug-likeness (QED) is 0.683. The van der Waals surface area contributed by atoms with Crippen LogP contribution in [0.2, 0.25) is 0 Å². The third kappa shape index (κ3) is 4.25. The van der Waals surface area contributed by atoms with Crippen LogP contribution in [0, 0.1) is 0 Å². The molecule has 1 aliphatic heterocycles. The molecule has 0 aliphatic carbocycles. The number of thioether (sulfide) groups is 1. The van der Waals surface area contributed by atoms with Crippen molar-refractivity contribution in [1.82, 2.24) is 4.90 Å². The van der Waals surface area contributed by atoms with Gasteiger partial charge in [-0.3, -0.25) is 14.5 Å². The zero-order valence-corrected chi connectivity index (χ0v) is 16.2. The van der Waals surface area contributed by atoms with Crippen molar-refractivity contribution in [2.45, 2.75) is 25.2 Å². The van der Waals surface area contributed by atoms with E-state index in [2.05, 4.69) is 15.9 Å². The Labute approximate surface area is 159 Å². The number of hydrogen-bond donors (Lipinski definition) is 0. The molecule has 1 fully saturated rings. The molecule has 1 saturated heterocycles. The van der Waals surface area contributed by atoms with E-state index >= 15 is 0 Å². The summed E-state index contributed by atoms with van der Waals surface area (Å²) in [6, 6.07) is 15.6. The van der Waals surface area contributed by atoms with E-state index in [4.69, 9.17) is 4.74 Å². The predicted molar refractivity (Wildman–Crippen MR) is 103 cm³/mol. The fourth-order valence-corrected chi connectivity index (χ4v) is 4.01. The van der Waals surface area contributed by atoms with Crippen LogP contribution < -0.4 is 4.74 Å². The molecule has 0 aromatic heterocycles. The van der Waals surface area contributed by atoms with E-state index < -0.39 is 0 Å². The molecule has 0 unspecified atom stereocenters. The van der Waals surface area contributed by atoms with Crippen LogP contribution in [0.4, 0.5) is 4.79 Å². The molecule has 130 valence electrons. The standard InChI is InChI=1S/C19H18BrNO3S/c1-2-21-18(22)17(25-19(21)23)11-14-5-3-4-6-16(14)24-12-13-7-9-15(20)10-8-13/h3-10,17H,2,11-12H2,1H3/t17-/m0/s1. The Morgan fingerprint density at radius 3 is 2.52 bits per heavy atom. The van der Waals surface area contributed by atoms with Gasteiger partial charge in [0.1, 0.15) is 12.4 Å². The molecule has 2 aromatic carbocycles. The lowest BCUT2D eigenvalue weighted by Gasteiger charge is -2.14. The van der Waals surface area contributed by atoms with Crippen LogP contribution in [0.1, 0.15) is 18.1 Å². The first kappa shape index (κ1) is 18.0. The van der Waals surface area contributed by atoms with Crippen LogP contribution in [0.5, 0.6) is 5.75 Å². The van der Waals surface area contributed by atoms with Crippen LogP contribution in [0.25, 0.3) is 0 Å². The number of benzene rings is 2. The highest BCUT2D eigenvalue weighted by molar-refractivity contribution is 9.10. The summed E-state index contributed by atoms with van der Waals surface area (Å²) in [6.07, 6.45) is 0.488. The molecule has 3 rings (SSSR count). The minimum atomic E-state index is -0.370. The van der Waals surface area contributed by atoms with Crippen molar-refractivity contribution in [3.8, 4) is 5.75 Å². The van der Waals surface area contributed by atoms with E-state index in [0.29, 0.717) is 19.6 Å². The smallest absolute Gasteiger partial charge is 0.289 e. The molecule has 1 heterocycles. The first-order valence-electron chi connectivity index (χ1n) is 8.05. The average Bonchev–Trinajstić information content (AvgIpc) is 2.88. The molecule has 25 heavy (non-hydrogen) atoms. The van der Waals surface area contributed by atoms with Gasteiger partial charge in [-0.2, -0.15) is 0 Å². The van der Waals surface area contributed by atoms with E-state index in [1.807, 2.05) is 55.5 Å². The van der Waals surface area contributed by atoms with Crippen molar-refractivity contribution in [3.05, 3.63) is 64.1 Å². The fraction of sp³-hybridized carbons (Fsp3) is 0.263. The van der Waals surface area contributed by atoms with Crippen LogP contribution >= 0.6 is 27.7 Å². The van der Waals surface area contributed by atoms with Gasteiger partial charge in [-0.05, 0) is 42.7 Å². The largest absolute Gasteiger partial charge is 0.489 e. The molecule has 1 atom stereocenters. The molecule has 2 aromatic rings. The Bertz CT molecular complexity index is 778. The summed E-state index contributed by atoms with van der Waals surface area (Å²) in [5.41, 5.74) is 2.01. The highest BCUT2D eigenvalue weighted by atomic mass is 79.9. The van der Waals surface area contributed by atoms with E-state index in [1.54, 1.807) is 0 Å². The van der Waals surface area contributed by atoms with Crippen LogP contribution in [-0.2, 0) is 17.8 Å². The van der Waals surface area contributed by atoms with Gasteiger partial charge in [0.05, 0.1) is 5.25 Å². The van der Waals surface area contributed by atoms with Crippen LogP contribution in [-0.4, -0.2) is 27.8 Å². The first-order valence-corrected chi connectivity index (χ1v) is 9.73. The number of imide groups is 1. The highest BCUT2D eigenvalue weighted by Gasteiger charge is 2.38.